The van der Waals surface area contributed by atoms with Gasteiger partial charge in [-0.3, -0.25) is 14.7 Å². The first-order valence-electron chi connectivity index (χ1n) is 13.4. The maximum absolute atomic E-state index is 13.4. The van der Waals surface area contributed by atoms with Gasteiger partial charge in [-0.25, -0.2) is 0 Å². The van der Waals surface area contributed by atoms with E-state index in [0.29, 0.717) is 18.2 Å². The molecule has 5 rings (SSSR count). The largest absolute Gasteiger partial charge is 0.416 e. The summed E-state index contributed by atoms with van der Waals surface area (Å²) in [4.78, 5) is 23.9. The molecule has 39 heavy (non-hydrogen) atoms. The topological polar surface area (TPSA) is 39.7 Å². The normalized spacial score (nSPS) is 16.9. The molecule has 1 aliphatic carbocycles. The highest BCUT2D eigenvalue weighted by Gasteiger charge is 2.38. The Morgan fingerprint density at radius 3 is 2.18 bits per heavy atom. The lowest BCUT2D eigenvalue weighted by Crippen LogP contribution is -2.62. The molecule has 0 N–H and O–H groups in total. The zero-order chi connectivity index (χ0) is 27.4. The minimum absolute atomic E-state index is 0.106. The van der Waals surface area contributed by atoms with Crippen LogP contribution in [0.1, 0.15) is 42.4 Å². The van der Waals surface area contributed by atoms with E-state index in [1.54, 1.807) is 18.5 Å². The molecule has 1 aliphatic heterocycles. The van der Waals surface area contributed by atoms with Crippen molar-refractivity contribution in [2.24, 2.45) is 0 Å². The summed E-state index contributed by atoms with van der Waals surface area (Å²) >= 11 is 0. The van der Waals surface area contributed by atoms with E-state index < -0.39 is 11.7 Å². The quantitative estimate of drug-likeness (QED) is 0.308. The number of amides is 1. The van der Waals surface area contributed by atoms with Gasteiger partial charge in [-0.1, -0.05) is 37.1 Å². The Kier molecular flexibility index (Phi) is 8.02. The molecule has 204 valence electrons. The molecule has 1 amide bonds. The van der Waals surface area contributed by atoms with Crippen LogP contribution in [0.4, 0.5) is 24.5 Å². The molecule has 1 saturated heterocycles. The molecule has 5 nitrogen and oxygen atoms in total. The second-order valence-electron chi connectivity index (χ2n) is 10.4. The molecule has 8 heteroatoms. The van der Waals surface area contributed by atoms with Gasteiger partial charge < -0.3 is 9.80 Å². The molecule has 2 fully saturated rings. The molecule has 0 radical (unpaired) electrons. The van der Waals surface area contributed by atoms with Crippen molar-refractivity contribution < 1.29 is 18.0 Å². The molecule has 0 spiro atoms. The Morgan fingerprint density at radius 2 is 1.56 bits per heavy atom. The van der Waals surface area contributed by atoms with Crippen molar-refractivity contribution >= 4 is 23.4 Å². The van der Waals surface area contributed by atoms with Gasteiger partial charge in [-0.15, -0.1) is 0 Å². The number of alkyl halides is 3. The Hall–Kier alpha value is -3.65. The van der Waals surface area contributed by atoms with E-state index in [1.807, 2.05) is 48.3 Å². The summed E-state index contributed by atoms with van der Waals surface area (Å²) in [5, 5.41) is 0. The highest BCUT2D eigenvalue weighted by molar-refractivity contribution is 5.92. The molecule has 2 heterocycles. The number of carbonyl (C=O) groups excluding carboxylic acids is 1. The SMILES string of the molecule is CN(c1ccncc1)c1ccc(CN(C(=O)/C=C/c2ccc(C(F)(F)F)cc2)C2CN(C3CCCC3)C2)cc1. The third-order valence-corrected chi connectivity index (χ3v) is 7.84. The second-order valence-corrected chi connectivity index (χ2v) is 10.4. The van der Waals surface area contributed by atoms with Gasteiger partial charge >= 0.3 is 6.18 Å². The minimum Gasteiger partial charge on any atom is -0.345 e. The smallest absolute Gasteiger partial charge is 0.345 e. The number of carbonyl (C=O) groups is 1. The number of anilines is 2. The summed E-state index contributed by atoms with van der Waals surface area (Å²) in [6.45, 7) is 2.18. The van der Waals surface area contributed by atoms with Crippen molar-refractivity contribution in [1.82, 2.24) is 14.8 Å². The van der Waals surface area contributed by atoms with Crippen LogP contribution in [0.3, 0.4) is 0 Å². The number of rotatable bonds is 8. The summed E-state index contributed by atoms with van der Waals surface area (Å²) in [6.07, 6.45) is 7.19. The van der Waals surface area contributed by atoms with Crippen molar-refractivity contribution in [1.29, 1.82) is 0 Å². The number of halogens is 3. The molecule has 0 bridgehead atoms. The lowest BCUT2D eigenvalue weighted by atomic mass is 10.0. The van der Waals surface area contributed by atoms with Crippen LogP contribution in [0, 0.1) is 0 Å². The van der Waals surface area contributed by atoms with Gasteiger partial charge in [0.2, 0.25) is 5.91 Å². The molecular formula is C31H33F3N4O. The number of aromatic nitrogens is 1. The first kappa shape index (κ1) is 26.9. The Bertz CT molecular complexity index is 1260. The number of hydrogen-bond donors (Lipinski definition) is 0. The lowest BCUT2D eigenvalue weighted by molar-refractivity contribution is -0.137. The van der Waals surface area contributed by atoms with Crippen molar-refractivity contribution in [3.05, 3.63) is 95.8 Å². The average Bonchev–Trinajstić information content (AvgIpc) is 3.45. The number of hydrogen-bond acceptors (Lipinski definition) is 4. The van der Waals surface area contributed by atoms with Crippen LogP contribution in [-0.4, -0.2) is 52.9 Å². The third kappa shape index (κ3) is 6.50. The summed E-state index contributed by atoms with van der Waals surface area (Å²) in [5.74, 6) is -0.135. The summed E-state index contributed by atoms with van der Waals surface area (Å²) in [6, 6.07) is 17.6. The van der Waals surface area contributed by atoms with E-state index in [0.717, 1.165) is 42.2 Å². The van der Waals surface area contributed by atoms with E-state index in [4.69, 9.17) is 0 Å². The predicted octanol–water partition coefficient (Wildman–Crippen LogP) is 6.54. The zero-order valence-electron chi connectivity index (χ0n) is 22.0. The first-order chi connectivity index (χ1) is 18.8. The number of likely N-dealkylation sites (tertiary alicyclic amines) is 1. The van der Waals surface area contributed by atoms with Crippen molar-refractivity contribution in [3.8, 4) is 0 Å². The fraction of sp³-hybridized carbons (Fsp3) is 0.355. The summed E-state index contributed by atoms with van der Waals surface area (Å²) in [5.41, 5.74) is 2.94. The summed E-state index contributed by atoms with van der Waals surface area (Å²) in [7, 11) is 2.00. The van der Waals surface area contributed by atoms with Crippen LogP contribution >= 0.6 is 0 Å². The van der Waals surface area contributed by atoms with Gasteiger partial charge in [0, 0.05) is 62.6 Å². The molecular weight excluding hydrogens is 501 g/mol. The monoisotopic (exact) mass is 534 g/mol. The number of pyridine rings is 1. The molecule has 2 aromatic carbocycles. The maximum Gasteiger partial charge on any atom is 0.416 e. The standard InChI is InChI=1S/C31H33F3N4O/c1-36(27-16-18-35-19-17-27)26-13-8-24(9-14-26)20-38(29-21-37(22-29)28-4-2-3-5-28)30(39)15-10-23-6-11-25(12-7-23)31(32,33)34/h6-19,28-29H,2-5,20-22H2,1H3/b15-10+. The van der Waals surface area contributed by atoms with Gasteiger partial charge in [-0.05, 0) is 66.4 Å². The van der Waals surface area contributed by atoms with Crippen molar-refractivity contribution in [3.63, 3.8) is 0 Å². The molecule has 0 unspecified atom stereocenters. The van der Waals surface area contributed by atoms with Gasteiger partial charge in [0.25, 0.3) is 0 Å². The first-order valence-corrected chi connectivity index (χ1v) is 13.4. The lowest BCUT2D eigenvalue weighted by Gasteiger charge is -2.48. The highest BCUT2D eigenvalue weighted by atomic mass is 19.4. The second kappa shape index (κ2) is 11.6. The van der Waals surface area contributed by atoms with Crippen LogP contribution in [0.5, 0.6) is 0 Å². The molecule has 2 aliphatic rings. The van der Waals surface area contributed by atoms with E-state index >= 15 is 0 Å². The van der Waals surface area contributed by atoms with Crippen LogP contribution in [0.25, 0.3) is 6.08 Å². The Morgan fingerprint density at radius 1 is 0.949 bits per heavy atom. The van der Waals surface area contributed by atoms with Gasteiger partial charge in [-0.2, -0.15) is 13.2 Å². The maximum atomic E-state index is 13.4. The molecule has 3 aromatic rings. The summed E-state index contributed by atoms with van der Waals surface area (Å²) < 4.78 is 38.7. The van der Waals surface area contributed by atoms with Gasteiger partial charge in [0.1, 0.15) is 0 Å². The fourth-order valence-electron chi connectivity index (χ4n) is 5.42. The van der Waals surface area contributed by atoms with E-state index in [2.05, 4.69) is 14.8 Å². The highest BCUT2D eigenvalue weighted by Crippen LogP contribution is 2.31. The fourth-order valence-corrected chi connectivity index (χ4v) is 5.42. The van der Waals surface area contributed by atoms with Crippen LogP contribution in [-0.2, 0) is 17.5 Å². The van der Waals surface area contributed by atoms with Gasteiger partial charge in [0.05, 0.1) is 11.6 Å². The van der Waals surface area contributed by atoms with Crippen molar-refractivity contribution in [2.75, 3.05) is 25.0 Å². The minimum atomic E-state index is -4.38. The van der Waals surface area contributed by atoms with Crippen molar-refractivity contribution in [2.45, 2.75) is 50.5 Å². The Balaban J connectivity index is 1.29. The molecule has 1 aromatic heterocycles. The van der Waals surface area contributed by atoms with E-state index in [1.165, 1.54) is 43.9 Å². The van der Waals surface area contributed by atoms with Crippen LogP contribution < -0.4 is 4.90 Å². The zero-order valence-corrected chi connectivity index (χ0v) is 22.0. The third-order valence-electron chi connectivity index (χ3n) is 7.84. The molecule has 1 saturated carbocycles. The number of benzene rings is 2. The molecule has 0 atom stereocenters. The Labute approximate surface area is 227 Å². The van der Waals surface area contributed by atoms with E-state index in [9.17, 15) is 18.0 Å². The van der Waals surface area contributed by atoms with Gasteiger partial charge in [0.15, 0.2) is 0 Å². The average molecular weight is 535 g/mol. The number of nitrogens with zero attached hydrogens (tertiary/aromatic N) is 4. The van der Waals surface area contributed by atoms with E-state index in [-0.39, 0.29) is 11.9 Å². The predicted molar refractivity (Wildman–Crippen MR) is 147 cm³/mol. The van der Waals surface area contributed by atoms with Crippen LogP contribution in [0.2, 0.25) is 0 Å². The van der Waals surface area contributed by atoms with Crippen LogP contribution in [0.15, 0.2) is 79.1 Å².